The fourth-order valence-electron chi connectivity index (χ4n) is 3.10. The first-order chi connectivity index (χ1) is 11.8. The SMILES string of the molecule is COCC1(S(=O)(=O)c2ccc(Cl)cc2)CCOc2c(F)ccc(F)c21. The molecule has 0 aromatic heterocycles. The molecule has 134 valence electrons. The van der Waals surface area contributed by atoms with Crippen LogP contribution in [0.5, 0.6) is 5.75 Å². The minimum atomic E-state index is -4.13. The van der Waals surface area contributed by atoms with Crippen molar-refractivity contribution in [3.05, 3.63) is 58.6 Å². The average Bonchev–Trinajstić information content (AvgIpc) is 2.59. The zero-order valence-electron chi connectivity index (χ0n) is 13.3. The first-order valence-electron chi connectivity index (χ1n) is 7.44. The molecule has 0 radical (unpaired) electrons. The van der Waals surface area contributed by atoms with Crippen molar-refractivity contribution in [3.8, 4) is 5.75 Å². The second kappa shape index (κ2) is 6.55. The lowest BCUT2D eigenvalue weighted by Crippen LogP contribution is -2.45. The van der Waals surface area contributed by atoms with Gasteiger partial charge in [0.05, 0.1) is 23.7 Å². The van der Waals surface area contributed by atoms with E-state index in [0.717, 1.165) is 12.1 Å². The highest BCUT2D eigenvalue weighted by atomic mass is 35.5. The van der Waals surface area contributed by atoms with Crippen LogP contribution in [0.1, 0.15) is 12.0 Å². The summed E-state index contributed by atoms with van der Waals surface area (Å²) in [5, 5.41) is 0.365. The highest BCUT2D eigenvalue weighted by molar-refractivity contribution is 7.92. The van der Waals surface area contributed by atoms with E-state index in [1.807, 2.05) is 0 Å². The Bertz CT molecular complexity index is 900. The third kappa shape index (κ3) is 2.80. The number of benzene rings is 2. The Kier molecular flexibility index (Phi) is 4.74. The largest absolute Gasteiger partial charge is 0.490 e. The Morgan fingerprint density at radius 1 is 1.16 bits per heavy atom. The molecule has 2 aromatic carbocycles. The van der Waals surface area contributed by atoms with E-state index in [0.29, 0.717) is 5.02 Å². The smallest absolute Gasteiger partial charge is 0.190 e. The molecule has 2 aromatic rings. The number of rotatable bonds is 4. The fourth-order valence-corrected chi connectivity index (χ4v) is 5.26. The molecule has 1 heterocycles. The Hall–Kier alpha value is -1.70. The van der Waals surface area contributed by atoms with Gasteiger partial charge in [-0.1, -0.05) is 11.6 Å². The Labute approximate surface area is 149 Å². The summed E-state index contributed by atoms with van der Waals surface area (Å²) in [7, 11) is -2.81. The molecule has 3 rings (SSSR count). The third-order valence-corrected chi connectivity index (χ3v) is 6.98. The average molecular weight is 389 g/mol. The topological polar surface area (TPSA) is 52.6 Å². The van der Waals surface area contributed by atoms with Crippen LogP contribution in [0, 0.1) is 11.6 Å². The van der Waals surface area contributed by atoms with Gasteiger partial charge in [0.25, 0.3) is 0 Å². The summed E-state index contributed by atoms with van der Waals surface area (Å²) in [6.07, 6.45) is -0.0703. The van der Waals surface area contributed by atoms with Gasteiger partial charge in [-0.05, 0) is 36.4 Å². The standard InChI is InChI=1S/C17H15ClF2O4S/c1-23-10-17(25(21,22)12-4-2-11(18)3-5-12)8-9-24-16-14(20)7-6-13(19)15(16)17/h2-7H,8-10H2,1H3. The third-order valence-electron chi connectivity index (χ3n) is 4.28. The van der Waals surface area contributed by atoms with Gasteiger partial charge in [-0.25, -0.2) is 17.2 Å². The number of hydrogen-bond acceptors (Lipinski definition) is 4. The maximum absolute atomic E-state index is 14.6. The van der Waals surface area contributed by atoms with Crippen molar-refractivity contribution in [2.45, 2.75) is 16.1 Å². The van der Waals surface area contributed by atoms with Crippen LogP contribution in [0.15, 0.2) is 41.3 Å². The predicted octanol–water partition coefficient (Wildman–Crippen LogP) is 3.72. The maximum atomic E-state index is 14.6. The minimum Gasteiger partial charge on any atom is -0.490 e. The molecule has 0 saturated carbocycles. The molecule has 1 aliphatic rings. The van der Waals surface area contributed by atoms with E-state index in [4.69, 9.17) is 21.1 Å². The van der Waals surface area contributed by atoms with Crippen LogP contribution >= 0.6 is 11.6 Å². The van der Waals surface area contributed by atoms with Gasteiger partial charge in [-0.15, -0.1) is 0 Å². The molecule has 0 spiro atoms. The summed E-state index contributed by atoms with van der Waals surface area (Å²) in [4.78, 5) is -0.0505. The molecule has 0 aliphatic carbocycles. The van der Waals surface area contributed by atoms with Crippen molar-refractivity contribution in [3.63, 3.8) is 0 Å². The van der Waals surface area contributed by atoms with Gasteiger partial charge in [0.2, 0.25) is 0 Å². The number of hydrogen-bond donors (Lipinski definition) is 0. The second-order valence-electron chi connectivity index (χ2n) is 5.72. The molecule has 1 aliphatic heterocycles. The molecule has 0 fully saturated rings. The molecule has 4 nitrogen and oxygen atoms in total. The molecule has 8 heteroatoms. The molecule has 0 N–H and O–H groups in total. The fraction of sp³-hybridized carbons (Fsp3) is 0.294. The Morgan fingerprint density at radius 2 is 1.80 bits per heavy atom. The van der Waals surface area contributed by atoms with Gasteiger partial charge in [-0.3, -0.25) is 0 Å². The molecule has 1 atom stereocenters. The zero-order valence-corrected chi connectivity index (χ0v) is 14.8. The van der Waals surface area contributed by atoms with Gasteiger partial charge >= 0.3 is 0 Å². The molecule has 0 amide bonds. The lowest BCUT2D eigenvalue weighted by molar-refractivity contribution is 0.129. The normalized spacial score (nSPS) is 20.0. The first kappa shape index (κ1) is 18.1. The van der Waals surface area contributed by atoms with Crippen molar-refractivity contribution in [1.29, 1.82) is 0 Å². The monoisotopic (exact) mass is 388 g/mol. The van der Waals surface area contributed by atoms with E-state index in [1.54, 1.807) is 0 Å². The van der Waals surface area contributed by atoms with Crippen molar-refractivity contribution in [2.75, 3.05) is 20.3 Å². The summed E-state index contributed by atoms with van der Waals surface area (Å²) in [5.74, 6) is -2.06. The van der Waals surface area contributed by atoms with Gasteiger partial charge < -0.3 is 9.47 Å². The number of halogens is 3. The first-order valence-corrected chi connectivity index (χ1v) is 9.30. The van der Waals surface area contributed by atoms with Crippen molar-refractivity contribution >= 4 is 21.4 Å². The molecule has 0 saturated heterocycles. The van der Waals surface area contributed by atoms with Gasteiger partial charge in [-0.2, -0.15) is 0 Å². The summed E-state index contributed by atoms with van der Waals surface area (Å²) in [6, 6.07) is 7.33. The summed E-state index contributed by atoms with van der Waals surface area (Å²) < 4.78 is 64.0. The molecule has 1 unspecified atom stereocenters. The zero-order chi connectivity index (χ0) is 18.2. The van der Waals surface area contributed by atoms with Crippen molar-refractivity contribution in [1.82, 2.24) is 0 Å². The number of ether oxygens (including phenoxy) is 2. The van der Waals surface area contributed by atoms with Crippen molar-refractivity contribution in [2.24, 2.45) is 0 Å². The molecule has 25 heavy (non-hydrogen) atoms. The van der Waals surface area contributed by atoms with Crippen LogP contribution < -0.4 is 4.74 Å². The lowest BCUT2D eigenvalue weighted by Gasteiger charge is -2.37. The Balaban J connectivity index is 2.30. The Morgan fingerprint density at radius 3 is 2.44 bits per heavy atom. The van der Waals surface area contributed by atoms with Crippen LogP contribution in [-0.4, -0.2) is 28.7 Å². The highest BCUT2D eigenvalue weighted by Crippen LogP contribution is 2.48. The molecule has 0 bridgehead atoms. The molecular formula is C17H15ClF2O4S. The summed E-state index contributed by atoms with van der Waals surface area (Å²) >= 11 is 5.82. The van der Waals surface area contributed by atoms with E-state index >= 15 is 0 Å². The highest BCUT2D eigenvalue weighted by Gasteiger charge is 2.52. The maximum Gasteiger partial charge on any atom is 0.190 e. The predicted molar refractivity (Wildman–Crippen MR) is 88.7 cm³/mol. The summed E-state index contributed by atoms with van der Waals surface area (Å²) in [5.41, 5.74) is -0.337. The van der Waals surface area contributed by atoms with Crippen LogP contribution in [-0.2, 0) is 19.3 Å². The number of sulfone groups is 1. The number of methoxy groups -OCH3 is 1. The van der Waals surface area contributed by atoms with Crippen LogP contribution in [0.3, 0.4) is 0 Å². The van der Waals surface area contributed by atoms with E-state index in [9.17, 15) is 17.2 Å². The minimum absolute atomic E-state index is 0.0505. The number of fused-ring (bicyclic) bond motifs is 1. The van der Waals surface area contributed by atoms with E-state index in [-0.39, 0.29) is 35.8 Å². The van der Waals surface area contributed by atoms with E-state index in [2.05, 4.69) is 0 Å². The van der Waals surface area contributed by atoms with Crippen LogP contribution in [0.25, 0.3) is 0 Å². The molecular weight excluding hydrogens is 374 g/mol. The van der Waals surface area contributed by atoms with Crippen LogP contribution in [0.2, 0.25) is 5.02 Å². The van der Waals surface area contributed by atoms with Gasteiger partial charge in [0, 0.05) is 18.6 Å². The van der Waals surface area contributed by atoms with E-state index in [1.165, 1.54) is 31.4 Å². The quantitative estimate of drug-likeness (QED) is 0.801. The lowest BCUT2D eigenvalue weighted by atomic mass is 9.92. The second-order valence-corrected chi connectivity index (χ2v) is 8.41. The van der Waals surface area contributed by atoms with E-state index < -0.39 is 26.2 Å². The van der Waals surface area contributed by atoms with Crippen LogP contribution in [0.4, 0.5) is 8.78 Å². The summed E-state index contributed by atoms with van der Waals surface area (Å²) in [6.45, 7) is -0.418. The van der Waals surface area contributed by atoms with Crippen molar-refractivity contribution < 1.29 is 26.7 Å². The van der Waals surface area contributed by atoms with Gasteiger partial charge in [0.15, 0.2) is 21.4 Å². The van der Waals surface area contributed by atoms with Gasteiger partial charge in [0.1, 0.15) is 10.6 Å².